The Balaban J connectivity index is 1.93. The predicted molar refractivity (Wildman–Crippen MR) is 113 cm³/mol. The van der Waals surface area contributed by atoms with Gasteiger partial charge in [0.2, 0.25) is 5.82 Å². The summed E-state index contributed by atoms with van der Waals surface area (Å²) < 4.78 is 10.3. The molecule has 1 saturated heterocycles. The molecule has 1 aromatic heterocycles. The maximum absolute atomic E-state index is 12.6. The molecule has 1 amide bonds. The van der Waals surface area contributed by atoms with Crippen LogP contribution in [0.3, 0.4) is 0 Å². The number of esters is 1. The monoisotopic (exact) mass is 430 g/mol. The number of anilines is 1. The van der Waals surface area contributed by atoms with Crippen LogP contribution in [0.5, 0.6) is 0 Å². The van der Waals surface area contributed by atoms with Gasteiger partial charge in [-0.2, -0.15) is 5.26 Å². The number of rotatable bonds is 3. The number of amides is 1. The van der Waals surface area contributed by atoms with E-state index in [1.807, 2.05) is 27.8 Å². The van der Waals surface area contributed by atoms with E-state index in [2.05, 4.69) is 25.8 Å². The fourth-order valence-electron chi connectivity index (χ4n) is 3.80. The molecule has 0 spiro atoms. The van der Waals surface area contributed by atoms with Crippen LogP contribution in [-0.4, -0.2) is 83.8 Å². The number of methoxy groups -OCH3 is 1. The molecule has 0 saturated carbocycles. The summed E-state index contributed by atoms with van der Waals surface area (Å²) in [6, 6.07) is 2.32. The number of likely N-dealkylation sites (N-methyl/N-ethyl adjacent to an activating group) is 1. The molecule has 1 aromatic rings. The van der Waals surface area contributed by atoms with Crippen LogP contribution in [0, 0.1) is 11.3 Å². The SMILES string of the molecule is COC(=O)c1nc2c(c(N3CCN(C)[C@@H](CC#N)C3)n1)CCN(C(=O)OC(C)(C)C)C2. The third-order valence-corrected chi connectivity index (χ3v) is 5.47. The van der Waals surface area contributed by atoms with Gasteiger partial charge in [0.1, 0.15) is 11.4 Å². The summed E-state index contributed by atoms with van der Waals surface area (Å²) in [5.41, 5.74) is 0.951. The molecular weight excluding hydrogens is 400 g/mol. The third kappa shape index (κ3) is 5.22. The summed E-state index contributed by atoms with van der Waals surface area (Å²) in [6.45, 7) is 8.31. The molecule has 1 fully saturated rings. The fourth-order valence-corrected chi connectivity index (χ4v) is 3.80. The largest absolute Gasteiger partial charge is 0.463 e. The summed E-state index contributed by atoms with van der Waals surface area (Å²) in [4.78, 5) is 39.6. The first-order valence-electron chi connectivity index (χ1n) is 10.4. The van der Waals surface area contributed by atoms with Gasteiger partial charge in [0, 0.05) is 37.8 Å². The Morgan fingerprint density at radius 3 is 2.61 bits per heavy atom. The zero-order chi connectivity index (χ0) is 22.8. The Kier molecular flexibility index (Phi) is 6.65. The molecule has 0 radical (unpaired) electrons. The van der Waals surface area contributed by atoms with Gasteiger partial charge < -0.3 is 19.3 Å². The highest BCUT2D eigenvalue weighted by molar-refractivity contribution is 5.86. The zero-order valence-electron chi connectivity index (χ0n) is 18.8. The molecule has 0 bridgehead atoms. The lowest BCUT2D eigenvalue weighted by Gasteiger charge is -2.40. The van der Waals surface area contributed by atoms with Gasteiger partial charge in [-0.25, -0.2) is 19.6 Å². The summed E-state index contributed by atoms with van der Waals surface area (Å²) in [7, 11) is 3.30. The Morgan fingerprint density at radius 1 is 1.23 bits per heavy atom. The van der Waals surface area contributed by atoms with Gasteiger partial charge in [-0.1, -0.05) is 0 Å². The van der Waals surface area contributed by atoms with E-state index in [0.29, 0.717) is 37.4 Å². The fraction of sp³-hybridized carbons (Fsp3) is 0.667. The van der Waals surface area contributed by atoms with E-state index < -0.39 is 17.7 Å². The Hall–Kier alpha value is -2.93. The number of aromatic nitrogens is 2. The highest BCUT2D eigenvalue weighted by Gasteiger charge is 2.33. The van der Waals surface area contributed by atoms with Crippen LogP contribution in [0.2, 0.25) is 0 Å². The zero-order valence-corrected chi connectivity index (χ0v) is 18.8. The number of hydrogen-bond donors (Lipinski definition) is 0. The van der Waals surface area contributed by atoms with Crippen LogP contribution in [0.15, 0.2) is 0 Å². The third-order valence-electron chi connectivity index (χ3n) is 5.47. The van der Waals surface area contributed by atoms with Gasteiger partial charge in [0.25, 0.3) is 0 Å². The van der Waals surface area contributed by atoms with Crippen LogP contribution in [-0.2, 0) is 22.4 Å². The van der Waals surface area contributed by atoms with E-state index in [9.17, 15) is 9.59 Å². The van der Waals surface area contributed by atoms with Crippen molar-refractivity contribution in [3.63, 3.8) is 0 Å². The molecule has 2 aliphatic heterocycles. The molecule has 3 heterocycles. The molecular formula is C21H30N6O4. The maximum atomic E-state index is 12.6. The highest BCUT2D eigenvalue weighted by Crippen LogP contribution is 2.29. The van der Waals surface area contributed by atoms with Gasteiger partial charge >= 0.3 is 12.1 Å². The summed E-state index contributed by atoms with van der Waals surface area (Å²) in [5, 5.41) is 9.16. The van der Waals surface area contributed by atoms with E-state index in [1.165, 1.54) is 7.11 Å². The Bertz CT molecular complexity index is 891. The summed E-state index contributed by atoms with van der Waals surface area (Å²) >= 11 is 0. The molecule has 10 heteroatoms. The molecule has 2 aliphatic rings. The molecule has 0 N–H and O–H groups in total. The first kappa shape index (κ1) is 22.7. The topological polar surface area (TPSA) is 112 Å². The Labute approximate surface area is 182 Å². The van der Waals surface area contributed by atoms with Gasteiger partial charge in [0.05, 0.1) is 31.8 Å². The summed E-state index contributed by atoms with van der Waals surface area (Å²) in [5.74, 6) is 0.0319. The van der Waals surface area contributed by atoms with Gasteiger partial charge in [-0.15, -0.1) is 0 Å². The number of piperazine rings is 1. The van der Waals surface area contributed by atoms with Crippen molar-refractivity contribution in [1.82, 2.24) is 19.8 Å². The molecule has 10 nitrogen and oxygen atoms in total. The average Bonchev–Trinajstić information content (AvgIpc) is 2.72. The minimum atomic E-state index is -0.624. The lowest BCUT2D eigenvalue weighted by Crippen LogP contribution is -2.52. The van der Waals surface area contributed by atoms with E-state index in [0.717, 1.165) is 18.7 Å². The van der Waals surface area contributed by atoms with Crippen molar-refractivity contribution >= 4 is 17.9 Å². The number of carbonyl (C=O) groups excluding carboxylic acids is 2. The lowest BCUT2D eigenvalue weighted by molar-refractivity contribution is 0.0220. The number of fused-ring (bicyclic) bond motifs is 1. The number of hydrogen-bond acceptors (Lipinski definition) is 9. The molecule has 0 aromatic carbocycles. The standard InChI is InChI=1S/C21H30N6O4/c1-21(2,3)31-20(29)27-9-7-15-16(13-27)23-17(19(28)30-5)24-18(15)26-11-10-25(4)14(12-26)6-8-22/h14H,6-7,9-13H2,1-5H3/t14-/m0/s1. The highest BCUT2D eigenvalue weighted by atomic mass is 16.6. The van der Waals surface area contributed by atoms with E-state index in [4.69, 9.17) is 14.7 Å². The van der Waals surface area contributed by atoms with Crippen molar-refractivity contribution in [3.05, 3.63) is 17.1 Å². The molecule has 3 rings (SSSR count). The second-order valence-corrected chi connectivity index (χ2v) is 8.88. The van der Waals surface area contributed by atoms with Gasteiger partial charge in [0.15, 0.2) is 0 Å². The molecule has 168 valence electrons. The second-order valence-electron chi connectivity index (χ2n) is 8.88. The van der Waals surface area contributed by atoms with Crippen LogP contribution >= 0.6 is 0 Å². The van der Waals surface area contributed by atoms with Crippen molar-refractivity contribution in [1.29, 1.82) is 5.26 Å². The maximum Gasteiger partial charge on any atom is 0.410 e. The van der Waals surface area contributed by atoms with Crippen LogP contribution in [0.4, 0.5) is 10.6 Å². The molecule has 1 atom stereocenters. The molecule has 0 unspecified atom stereocenters. The van der Waals surface area contributed by atoms with Gasteiger partial charge in [-0.3, -0.25) is 4.90 Å². The lowest BCUT2D eigenvalue weighted by atomic mass is 10.0. The minimum Gasteiger partial charge on any atom is -0.463 e. The van der Waals surface area contributed by atoms with E-state index in [-0.39, 0.29) is 18.4 Å². The molecule has 0 aliphatic carbocycles. The smallest absolute Gasteiger partial charge is 0.410 e. The Morgan fingerprint density at radius 2 is 1.97 bits per heavy atom. The second kappa shape index (κ2) is 9.06. The number of nitriles is 1. The van der Waals surface area contributed by atoms with Crippen molar-refractivity contribution in [2.24, 2.45) is 0 Å². The first-order valence-corrected chi connectivity index (χ1v) is 10.4. The van der Waals surface area contributed by atoms with Gasteiger partial charge in [-0.05, 0) is 34.2 Å². The van der Waals surface area contributed by atoms with E-state index in [1.54, 1.807) is 4.90 Å². The number of ether oxygens (including phenoxy) is 2. The summed E-state index contributed by atoms with van der Waals surface area (Å²) in [6.07, 6.45) is 0.559. The van der Waals surface area contributed by atoms with Crippen molar-refractivity contribution in [2.75, 3.05) is 45.2 Å². The van der Waals surface area contributed by atoms with Crippen LogP contribution in [0.1, 0.15) is 49.1 Å². The quantitative estimate of drug-likeness (QED) is 0.660. The first-order chi connectivity index (χ1) is 14.6. The predicted octanol–water partition coefficient (Wildman–Crippen LogP) is 1.59. The van der Waals surface area contributed by atoms with Crippen molar-refractivity contribution in [3.8, 4) is 6.07 Å². The van der Waals surface area contributed by atoms with Crippen LogP contribution in [0.25, 0.3) is 0 Å². The molecule has 31 heavy (non-hydrogen) atoms. The van der Waals surface area contributed by atoms with E-state index >= 15 is 0 Å². The minimum absolute atomic E-state index is 0.0296. The van der Waals surface area contributed by atoms with Crippen molar-refractivity contribution < 1.29 is 19.1 Å². The van der Waals surface area contributed by atoms with Crippen molar-refractivity contribution in [2.45, 2.75) is 51.8 Å². The number of carbonyl (C=O) groups is 2. The normalized spacial score (nSPS) is 19.4. The average molecular weight is 431 g/mol. The van der Waals surface area contributed by atoms with Crippen LogP contribution < -0.4 is 4.90 Å². The number of nitrogens with zero attached hydrogens (tertiary/aromatic N) is 6.